The van der Waals surface area contributed by atoms with Crippen LogP contribution in [-0.2, 0) is 4.79 Å². The molecule has 0 bridgehead atoms. The zero-order valence-electron chi connectivity index (χ0n) is 12.8. The van der Waals surface area contributed by atoms with Crippen LogP contribution in [0.4, 0.5) is 4.39 Å². The van der Waals surface area contributed by atoms with E-state index in [2.05, 4.69) is 0 Å². The van der Waals surface area contributed by atoms with Crippen LogP contribution in [0.25, 0.3) is 10.1 Å². The molecular formula is C17H18FNO3S. The molecule has 0 saturated carbocycles. The average molecular weight is 335 g/mol. The Morgan fingerprint density at radius 1 is 1.35 bits per heavy atom. The molecular weight excluding hydrogens is 317 g/mol. The summed E-state index contributed by atoms with van der Waals surface area (Å²) in [6.45, 7) is 3.01. The summed E-state index contributed by atoms with van der Waals surface area (Å²) >= 11 is 1.39. The third-order valence-corrected chi connectivity index (χ3v) is 5.72. The van der Waals surface area contributed by atoms with Crippen molar-refractivity contribution in [2.24, 2.45) is 5.92 Å². The Morgan fingerprint density at radius 3 is 2.70 bits per heavy atom. The number of thiophene rings is 1. The fraction of sp³-hybridized carbons (Fsp3) is 0.412. The van der Waals surface area contributed by atoms with E-state index >= 15 is 0 Å². The summed E-state index contributed by atoms with van der Waals surface area (Å²) in [5.74, 6) is -0.962. The van der Waals surface area contributed by atoms with Crippen LogP contribution in [0.2, 0.25) is 0 Å². The standard InChI is InChI=1S/C17H18FNO3S/c1-10-13-9-12(18)2-3-14(13)23-16(10)17(22)19-6-4-11(5-7-19)8-15(20)21/h2-3,9,11H,4-8H2,1H3,(H,20,21). The molecule has 23 heavy (non-hydrogen) atoms. The van der Waals surface area contributed by atoms with Crippen LogP contribution in [-0.4, -0.2) is 35.0 Å². The van der Waals surface area contributed by atoms with E-state index in [9.17, 15) is 14.0 Å². The molecule has 1 saturated heterocycles. The molecule has 1 aromatic carbocycles. The summed E-state index contributed by atoms with van der Waals surface area (Å²) in [6, 6.07) is 4.58. The highest BCUT2D eigenvalue weighted by atomic mass is 32.1. The molecule has 4 nitrogen and oxygen atoms in total. The maximum absolute atomic E-state index is 13.4. The number of aryl methyl sites for hydroxylation is 1. The van der Waals surface area contributed by atoms with Gasteiger partial charge in [-0.25, -0.2) is 4.39 Å². The van der Waals surface area contributed by atoms with Crippen LogP contribution in [0, 0.1) is 18.7 Å². The first-order valence-electron chi connectivity index (χ1n) is 7.65. The third kappa shape index (κ3) is 3.22. The van der Waals surface area contributed by atoms with E-state index in [1.54, 1.807) is 11.0 Å². The summed E-state index contributed by atoms with van der Waals surface area (Å²) in [7, 11) is 0. The maximum Gasteiger partial charge on any atom is 0.303 e. The van der Waals surface area contributed by atoms with E-state index < -0.39 is 5.97 Å². The van der Waals surface area contributed by atoms with Crippen LogP contribution in [0.5, 0.6) is 0 Å². The quantitative estimate of drug-likeness (QED) is 0.931. The van der Waals surface area contributed by atoms with Crippen LogP contribution in [0.1, 0.15) is 34.5 Å². The number of hydrogen-bond acceptors (Lipinski definition) is 3. The second-order valence-electron chi connectivity index (χ2n) is 6.03. The van der Waals surface area contributed by atoms with Gasteiger partial charge < -0.3 is 10.0 Å². The van der Waals surface area contributed by atoms with Gasteiger partial charge in [-0.3, -0.25) is 9.59 Å². The summed E-state index contributed by atoms with van der Waals surface area (Å²) in [5.41, 5.74) is 0.821. The minimum absolute atomic E-state index is 0.0297. The van der Waals surface area contributed by atoms with Crippen molar-refractivity contribution >= 4 is 33.3 Å². The predicted molar refractivity (Wildman–Crippen MR) is 87.4 cm³/mol. The smallest absolute Gasteiger partial charge is 0.303 e. The van der Waals surface area contributed by atoms with Gasteiger partial charge >= 0.3 is 5.97 Å². The monoisotopic (exact) mass is 335 g/mol. The van der Waals surface area contributed by atoms with Gasteiger partial charge in [0.25, 0.3) is 5.91 Å². The molecule has 1 aromatic heterocycles. The van der Waals surface area contributed by atoms with Gasteiger partial charge in [0.2, 0.25) is 0 Å². The molecule has 1 fully saturated rings. The van der Waals surface area contributed by atoms with Gasteiger partial charge in [0.15, 0.2) is 0 Å². The number of hydrogen-bond donors (Lipinski definition) is 1. The fourth-order valence-electron chi connectivity index (χ4n) is 3.13. The highest BCUT2D eigenvalue weighted by Gasteiger charge is 2.27. The van der Waals surface area contributed by atoms with Crippen molar-refractivity contribution in [1.82, 2.24) is 4.90 Å². The van der Waals surface area contributed by atoms with Gasteiger partial charge in [-0.1, -0.05) is 0 Å². The number of rotatable bonds is 3. The number of fused-ring (bicyclic) bond motifs is 1. The van der Waals surface area contributed by atoms with Gasteiger partial charge in [-0.15, -0.1) is 11.3 Å². The number of carboxylic acids is 1. The van der Waals surface area contributed by atoms with E-state index in [-0.39, 0.29) is 24.1 Å². The second kappa shape index (κ2) is 6.28. The first kappa shape index (κ1) is 15.9. The minimum Gasteiger partial charge on any atom is -0.481 e. The molecule has 1 aliphatic rings. The lowest BCUT2D eigenvalue weighted by Crippen LogP contribution is -2.38. The number of carboxylic acid groups (broad SMARTS) is 1. The first-order valence-corrected chi connectivity index (χ1v) is 8.47. The number of amides is 1. The van der Waals surface area contributed by atoms with Gasteiger partial charge in [0.1, 0.15) is 5.82 Å². The molecule has 0 radical (unpaired) electrons. The minimum atomic E-state index is -0.780. The van der Waals surface area contributed by atoms with Crippen molar-refractivity contribution in [2.75, 3.05) is 13.1 Å². The Kier molecular flexibility index (Phi) is 4.35. The van der Waals surface area contributed by atoms with E-state index in [0.717, 1.165) is 28.5 Å². The number of nitrogens with zero attached hydrogens (tertiary/aromatic N) is 1. The van der Waals surface area contributed by atoms with E-state index in [1.165, 1.54) is 23.5 Å². The van der Waals surface area contributed by atoms with Crippen LogP contribution >= 0.6 is 11.3 Å². The first-order chi connectivity index (χ1) is 11.0. The molecule has 1 amide bonds. The number of benzene rings is 1. The molecule has 1 N–H and O–H groups in total. The van der Waals surface area contributed by atoms with Crippen LogP contribution in [0.15, 0.2) is 18.2 Å². The molecule has 2 heterocycles. The van der Waals surface area contributed by atoms with Crippen molar-refractivity contribution in [2.45, 2.75) is 26.2 Å². The Hall–Kier alpha value is -1.95. The largest absolute Gasteiger partial charge is 0.481 e. The lowest BCUT2D eigenvalue weighted by molar-refractivity contribution is -0.138. The highest BCUT2D eigenvalue weighted by molar-refractivity contribution is 7.21. The van der Waals surface area contributed by atoms with Crippen molar-refractivity contribution < 1.29 is 19.1 Å². The molecule has 0 atom stereocenters. The number of carbonyl (C=O) groups excluding carboxylic acids is 1. The topological polar surface area (TPSA) is 57.6 Å². The van der Waals surface area contributed by atoms with E-state index in [0.29, 0.717) is 18.0 Å². The predicted octanol–water partition coefficient (Wildman–Crippen LogP) is 3.68. The maximum atomic E-state index is 13.4. The Balaban J connectivity index is 1.76. The molecule has 0 spiro atoms. The van der Waals surface area contributed by atoms with Gasteiger partial charge in [0, 0.05) is 24.2 Å². The Labute approximate surface area is 137 Å². The van der Waals surface area contributed by atoms with Crippen LogP contribution < -0.4 is 0 Å². The number of likely N-dealkylation sites (tertiary alicyclic amines) is 1. The zero-order chi connectivity index (χ0) is 16.6. The molecule has 1 aliphatic heterocycles. The summed E-state index contributed by atoms with van der Waals surface area (Å²) < 4.78 is 14.3. The SMILES string of the molecule is Cc1c(C(=O)N2CCC(CC(=O)O)CC2)sc2ccc(F)cc12. The van der Waals surface area contributed by atoms with Crippen molar-refractivity contribution in [1.29, 1.82) is 0 Å². The number of aliphatic carboxylic acids is 1. The van der Waals surface area contributed by atoms with Crippen molar-refractivity contribution in [3.8, 4) is 0 Å². The van der Waals surface area contributed by atoms with Crippen LogP contribution in [0.3, 0.4) is 0 Å². The summed E-state index contributed by atoms with van der Waals surface area (Å²) in [4.78, 5) is 25.9. The van der Waals surface area contributed by atoms with E-state index in [1.807, 2.05) is 6.92 Å². The Bertz CT molecular complexity index is 763. The molecule has 3 rings (SSSR count). The zero-order valence-corrected chi connectivity index (χ0v) is 13.7. The lowest BCUT2D eigenvalue weighted by Gasteiger charge is -2.31. The number of carbonyl (C=O) groups is 2. The number of halogens is 1. The summed E-state index contributed by atoms with van der Waals surface area (Å²) in [6.07, 6.45) is 1.61. The molecule has 0 aliphatic carbocycles. The lowest BCUT2D eigenvalue weighted by atomic mass is 9.93. The molecule has 122 valence electrons. The summed E-state index contributed by atoms with van der Waals surface area (Å²) in [5, 5.41) is 9.64. The second-order valence-corrected chi connectivity index (χ2v) is 7.08. The Morgan fingerprint density at radius 2 is 2.04 bits per heavy atom. The number of piperidine rings is 1. The average Bonchev–Trinajstić information content (AvgIpc) is 2.84. The third-order valence-electron chi connectivity index (χ3n) is 4.46. The highest BCUT2D eigenvalue weighted by Crippen LogP contribution is 2.33. The van der Waals surface area contributed by atoms with Gasteiger partial charge in [-0.05, 0) is 54.8 Å². The van der Waals surface area contributed by atoms with Crippen molar-refractivity contribution in [3.05, 3.63) is 34.5 Å². The fourth-order valence-corrected chi connectivity index (χ4v) is 4.29. The molecule has 6 heteroatoms. The molecule has 2 aromatic rings. The molecule has 0 unspecified atom stereocenters. The van der Waals surface area contributed by atoms with Gasteiger partial charge in [-0.2, -0.15) is 0 Å². The van der Waals surface area contributed by atoms with E-state index in [4.69, 9.17) is 5.11 Å². The van der Waals surface area contributed by atoms with Gasteiger partial charge in [0.05, 0.1) is 4.88 Å². The normalized spacial score (nSPS) is 16.0. The van der Waals surface area contributed by atoms with Crippen molar-refractivity contribution in [3.63, 3.8) is 0 Å².